The van der Waals surface area contributed by atoms with Crippen LogP contribution >= 0.6 is 0 Å². The van der Waals surface area contributed by atoms with Crippen molar-refractivity contribution in [2.45, 2.75) is 6.54 Å². The van der Waals surface area contributed by atoms with Crippen molar-refractivity contribution in [2.75, 3.05) is 5.32 Å². The quantitative estimate of drug-likeness (QED) is 0.762. The van der Waals surface area contributed by atoms with Crippen LogP contribution in [0.2, 0.25) is 0 Å². The average Bonchev–Trinajstić information content (AvgIpc) is 2.90. The molecule has 1 N–H and O–H groups in total. The lowest BCUT2D eigenvalue weighted by Crippen LogP contribution is -1.99. The number of fused-ring (bicyclic) bond motifs is 1. The molecule has 0 saturated heterocycles. The molecule has 0 saturated carbocycles. The summed E-state index contributed by atoms with van der Waals surface area (Å²) < 4.78 is 18.8. The van der Waals surface area contributed by atoms with Crippen LogP contribution in [-0.2, 0) is 6.54 Å². The predicted octanol–water partition coefficient (Wildman–Crippen LogP) is 3.58. The van der Waals surface area contributed by atoms with E-state index in [2.05, 4.69) is 10.3 Å². The van der Waals surface area contributed by atoms with Gasteiger partial charge in [0.2, 0.25) is 0 Å². The average molecular weight is 242 g/mol. The standard InChI is InChI=1S/C14H11FN2O/c15-12-5-1-4-11-13(6-7-16-14(11)12)17-9-10-3-2-8-18-10/h1-8H,9H2,(H,16,17). The van der Waals surface area contributed by atoms with Gasteiger partial charge in [0.1, 0.15) is 17.1 Å². The largest absolute Gasteiger partial charge is 0.467 e. The summed E-state index contributed by atoms with van der Waals surface area (Å²) in [6, 6.07) is 10.5. The van der Waals surface area contributed by atoms with Crippen LogP contribution in [0.15, 0.2) is 53.3 Å². The molecule has 3 aromatic rings. The Labute approximate surface area is 103 Å². The third-order valence-electron chi connectivity index (χ3n) is 2.75. The van der Waals surface area contributed by atoms with Gasteiger partial charge in [-0.2, -0.15) is 0 Å². The highest BCUT2D eigenvalue weighted by Gasteiger charge is 2.05. The lowest BCUT2D eigenvalue weighted by Gasteiger charge is -2.08. The lowest BCUT2D eigenvalue weighted by molar-refractivity contribution is 0.518. The van der Waals surface area contributed by atoms with E-state index in [1.54, 1.807) is 18.5 Å². The Hall–Kier alpha value is -2.36. The van der Waals surface area contributed by atoms with Gasteiger partial charge in [0.05, 0.1) is 12.8 Å². The fourth-order valence-electron chi connectivity index (χ4n) is 1.89. The van der Waals surface area contributed by atoms with Crippen molar-refractivity contribution in [3.8, 4) is 0 Å². The normalized spacial score (nSPS) is 10.7. The SMILES string of the molecule is Fc1cccc2c(NCc3ccco3)ccnc12. The van der Waals surface area contributed by atoms with Crippen LogP contribution in [-0.4, -0.2) is 4.98 Å². The van der Waals surface area contributed by atoms with Crippen molar-refractivity contribution in [2.24, 2.45) is 0 Å². The number of halogens is 1. The maximum atomic E-state index is 13.6. The molecule has 0 fully saturated rings. The lowest BCUT2D eigenvalue weighted by atomic mass is 10.2. The minimum absolute atomic E-state index is 0.311. The second kappa shape index (κ2) is 4.49. The number of benzene rings is 1. The van der Waals surface area contributed by atoms with Crippen molar-refractivity contribution >= 4 is 16.6 Å². The molecule has 0 atom stereocenters. The van der Waals surface area contributed by atoms with Gasteiger partial charge in [0.25, 0.3) is 0 Å². The van der Waals surface area contributed by atoms with Crippen LogP contribution in [0.25, 0.3) is 10.9 Å². The Bertz CT molecular complexity index is 665. The van der Waals surface area contributed by atoms with Crippen LogP contribution in [0, 0.1) is 5.82 Å². The number of rotatable bonds is 3. The maximum absolute atomic E-state index is 13.6. The number of nitrogens with one attached hydrogen (secondary N) is 1. The van der Waals surface area contributed by atoms with Crippen molar-refractivity contribution in [3.63, 3.8) is 0 Å². The zero-order chi connectivity index (χ0) is 12.4. The van der Waals surface area contributed by atoms with E-state index in [-0.39, 0.29) is 5.82 Å². The van der Waals surface area contributed by atoms with E-state index in [1.807, 2.05) is 24.3 Å². The summed E-state index contributed by atoms with van der Waals surface area (Å²) in [6.07, 6.45) is 3.22. The molecular formula is C14H11FN2O. The molecular weight excluding hydrogens is 231 g/mol. The molecule has 0 amide bonds. The van der Waals surface area contributed by atoms with Gasteiger partial charge in [-0.1, -0.05) is 12.1 Å². The zero-order valence-corrected chi connectivity index (χ0v) is 9.56. The highest BCUT2D eigenvalue weighted by Crippen LogP contribution is 2.23. The fourth-order valence-corrected chi connectivity index (χ4v) is 1.89. The summed E-state index contributed by atoms with van der Waals surface area (Å²) in [5, 5.41) is 3.98. The fraction of sp³-hybridized carbons (Fsp3) is 0.0714. The number of para-hydroxylation sites is 1. The van der Waals surface area contributed by atoms with Gasteiger partial charge >= 0.3 is 0 Å². The predicted molar refractivity (Wildman–Crippen MR) is 67.7 cm³/mol. The zero-order valence-electron chi connectivity index (χ0n) is 9.56. The summed E-state index contributed by atoms with van der Waals surface area (Å²) in [6.45, 7) is 0.558. The highest BCUT2D eigenvalue weighted by atomic mass is 19.1. The van der Waals surface area contributed by atoms with Gasteiger partial charge in [-0.05, 0) is 24.3 Å². The second-order valence-electron chi connectivity index (χ2n) is 3.93. The monoisotopic (exact) mass is 242 g/mol. The van der Waals surface area contributed by atoms with E-state index in [4.69, 9.17) is 4.42 Å². The van der Waals surface area contributed by atoms with E-state index in [9.17, 15) is 4.39 Å². The molecule has 0 aliphatic heterocycles. The van der Waals surface area contributed by atoms with Gasteiger partial charge in [-0.25, -0.2) is 4.39 Å². The van der Waals surface area contributed by atoms with Crippen LogP contribution in [0.5, 0.6) is 0 Å². The molecule has 1 aromatic carbocycles. The van der Waals surface area contributed by atoms with E-state index in [0.29, 0.717) is 12.1 Å². The van der Waals surface area contributed by atoms with Crippen LogP contribution in [0.4, 0.5) is 10.1 Å². The van der Waals surface area contributed by atoms with E-state index in [0.717, 1.165) is 16.8 Å². The molecule has 90 valence electrons. The van der Waals surface area contributed by atoms with E-state index >= 15 is 0 Å². The number of anilines is 1. The Morgan fingerprint density at radius 1 is 1.17 bits per heavy atom. The molecule has 0 unspecified atom stereocenters. The summed E-state index contributed by atoms with van der Waals surface area (Å²) >= 11 is 0. The second-order valence-corrected chi connectivity index (χ2v) is 3.93. The minimum Gasteiger partial charge on any atom is -0.467 e. The van der Waals surface area contributed by atoms with Gasteiger partial charge in [-0.15, -0.1) is 0 Å². The number of aromatic nitrogens is 1. The number of pyridine rings is 1. The third kappa shape index (κ3) is 1.93. The van der Waals surface area contributed by atoms with E-state index in [1.165, 1.54) is 6.07 Å². The van der Waals surface area contributed by atoms with Crippen LogP contribution in [0.1, 0.15) is 5.76 Å². The third-order valence-corrected chi connectivity index (χ3v) is 2.75. The molecule has 0 bridgehead atoms. The molecule has 3 nitrogen and oxygen atoms in total. The molecule has 3 rings (SSSR count). The summed E-state index contributed by atoms with van der Waals surface area (Å²) in [5.41, 5.74) is 1.22. The van der Waals surface area contributed by atoms with E-state index < -0.39 is 0 Å². The van der Waals surface area contributed by atoms with Gasteiger partial charge in [-0.3, -0.25) is 4.98 Å². The summed E-state index contributed by atoms with van der Waals surface area (Å²) in [5.74, 6) is 0.519. The topological polar surface area (TPSA) is 38.1 Å². The van der Waals surface area contributed by atoms with Gasteiger partial charge < -0.3 is 9.73 Å². The molecule has 2 aromatic heterocycles. The summed E-state index contributed by atoms with van der Waals surface area (Å²) in [7, 11) is 0. The molecule has 0 radical (unpaired) electrons. The van der Waals surface area contributed by atoms with Crippen molar-refractivity contribution in [1.82, 2.24) is 4.98 Å². The molecule has 0 aliphatic carbocycles. The molecule has 0 spiro atoms. The van der Waals surface area contributed by atoms with Crippen molar-refractivity contribution in [1.29, 1.82) is 0 Å². The Kier molecular flexibility index (Phi) is 2.68. The molecule has 4 heteroatoms. The van der Waals surface area contributed by atoms with Crippen molar-refractivity contribution in [3.05, 3.63) is 60.4 Å². The number of hydrogen-bond acceptors (Lipinski definition) is 3. The van der Waals surface area contributed by atoms with Crippen LogP contribution < -0.4 is 5.32 Å². The number of furan rings is 1. The summed E-state index contributed by atoms with van der Waals surface area (Å²) in [4.78, 5) is 4.05. The first-order valence-electron chi connectivity index (χ1n) is 5.64. The first kappa shape index (κ1) is 10.8. The smallest absolute Gasteiger partial charge is 0.149 e. The highest BCUT2D eigenvalue weighted by molar-refractivity contribution is 5.91. The first-order valence-corrected chi connectivity index (χ1v) is 5.64. The first-order chi connectivity index (χ1) is 8.84. The Morgan fingerprint density at radius 2 is 2.11 bits per heavy atom. The van der Waals surface area contributed by atoms with Crippen LogP contribution in [0.3, 0.4) is 0 Å². The van der Waals surface area contributed by atoms with Gasteiger partial charge in [0.15, 0.2) is 0 Å². The molecule has 18 heavy (non-hydrogen) atoms. The van der Waals surface area contributed by atoms with Crippen molar-refractivity contribution < 1.29 is 8.81 Å². The molecule has 2 heterocycles. The Morgan fingerprint density at radius 3 is 2.94 bits per heavy atom. The maximum Gasteiger partial charge on any atom is 0.149 e. The Balaban J connectivity index is 1.94. The number of hydrogen-bond donors (Lipinski definition) is 1. The minimum atomic E-state index is -0.311. The van der Waals surface area contributed by atoms with Gasteiger partial charge in [0, 0.05) is 17.3 Å². The number of nitrogens with zero attached hydrogens (tertiary/aromatic N) is 1. The molecule has 0 aliphatic rings.